The molecule has 152 valence electrons. The second-order valence-corrected chi connectivity index (χ2v) is 11.0. The van der Waals surface area contributed by atoms with Crippen LogP contribution in [0.25, 0.3) is 10.2 Å². The van der Waals surface area contributed by atoms with E-state index in [1.165, 1.54) is 39.4 Å². The quantitative estimate of drug-likeness (QED) is 0.601. The average Bonchev–Trinajstić information content (AvgIpc) is 3.03. The largest absolute Gasteiger partial charge is 0.326 e. The Morgan fingerprint density at radius 3 is 2.86 bits per heavy atom. The van der Waals surface area contributed by atoms with E-state index in [4.69, 9.17) is 0 Å². The summed E-state index contributed by atoms with van der Waals surface area (Å²) in [5.74, 6) is 2.27. The Bertz CT molecular complexity index is 1100. The molecule has 1 aromatic carbocycles. The van der Waals surface area contributed by atoms with Crippen molar-refractivity contribution in [3.8, 4) is 0 Å². The van der Waals surface area contributed by atoms with Crippen LogP contribution in [0.15, 0.2) is 35.4 Å². The zero-order chi connectivity index (χ0) is 20.4. The number of aryl methyl sites for hydroxylation is 3. The molecule has 0 spiro atoms. The second kappa shape index (κ2) is 8.93. The van der Waals surface area contributed by atoms with E-state index in [1.54, 1.807) is 6.33 Å². The zero-order valence-corrected chi connectivity index (χ0v) is 18.9. The number of nitrogens with zero attached hydrogens (tertiary/aromatic N) is 2. The molecular weight excluding hydrogens is 422 g/mol. The molecule has 1 amide bonds. The van der Waals surface area contributed by atoms with Crippen molar-refractivity contribution >= 4 is 56.7 Å². The smallest absolute Gasteiger partial charge is 0.262 e. The predicted molar refractivity (Wildman–Crippen MR) is 125 cm³/mol. The standard InChI is InChI=1S/C21H23N3O2S3/c1-13-14(2)29-19-18(13)20(26)24(12-22-19)8-7-17(25)23-16-6-3-5-15(11-16)21-27-9-4-10-28-21/h3,5-6,11-12,21H,4,7-10H2,1-2H3,(H,23,25). The van der Waals surface area contributed by atoms with Crippen LogP contribution in [-0.2, 0) is 11.3 Å². The van der Waals surface area contributed by atoms with E-state index in [9.17, 15) is 9.59 Å². The minimum absolute atomic E-state index is 0.0713. The summed E-state index contributed by atoms with van der Waals surface area (Å²) in [7, 11) is 0. The van der Waals surface area contributed by atoms with Gasteiger partial charge in [0, 0.05) is 23.5 Å². The normalized spacial score (nSPS) is 15.0. The fourth-order valence-electron chi connectivity index (χ4n) is 3.32. The van der Waals surface area contributed by atoms with E-state index in [0.717, 1.165) is 21.0 Å². The molecule has 1 aliphatic rings. The number of thiophene rings is 1. The molecule has 3 heterocycles. The predicted octanol–water partition coefficient (Wildman–Crippen LogP) is 4.97. The fourth-order valence-corrected chi connectivity index (χ4v) is 7.18. The van der Waals surface area contributed by atoms with Crippen molar-refractivity contribution in [2.45, 2.75) is 37.8 Å². The van der Waals surface area contributed by atoms with Crippen molar-refractivity contribution in [3.05, 3.63) is 57.0 Å². The van der Waals surface area contributed by atoms with Gasteiger partial charge in [0.05, 0.1) is 16.3 Å². The summed E-state index contributed by atoms with van der Waals surface area (Å²) < 4.78 is 1.97. The first-order valence-electron chi connectivity index (χ1n) is 9.61. The van der Waals surface area contributed by atoms with Gasteiger partial charge in [-0.1, -0.05) is 12.1 Å². The van der Waals surface area contributed by atoms with Crippen LogP contribution in [0, 0.1) is 13.8 Å². The minimum atomic E-state index is -0.101. The number of amides is 1. The number of hydrogen-bond donors (Lipinski definition) is 1. The topological polar surface area (TPSA) is 64.0 Å². The number of anilines is 1. The highest BCUT2D eigenvalue weighted by molar-refractivity contribution is 8.16. The molecule has 1 fully saturated rings. The fraction of sp³-hybridized carbons (Fsp3) is 0.381. The number of nitrogens with one attached hydrogen (secondary N) is 1. The highest BCUT2D eigenvalue weighted by atomic mass is 32.2. The van der Waals surface area contributed by atoms with Crippen molar-refractivity contribution in [2.75, 3.05) is 16.8 Å². The molecule has 8 heteroatoms. The Labute approximate surface area is 182 Å². The number of rotatable bonds is 5. The first-order valence-corrected chi connectivity index (χ1v) is 12.5. The van der Waals surface area contributed by atoms with Crippen molar-refractivity contribution in [3.63, 3.8) is 0 Å². The van der Waals surface area contributed by atoms with Crippen LogP contribution in [0.5, 0.6) is 0 Å². The number of fused-ring (bicyclic) bond motifs is 1. The summed E-state index contributed by atoms with van der Waals surface area (Å²) in [6, 6.07) is 8.09. The van der Waals surface area contributed by atoms with Crippen LogP contribution >= 0.6 is 34.9 Å². The summed E-state index contributed by atoms with van der Waals surface area (Å²) in [5, 5.41) is 3.64. The highest BCUT2D eigenvalue weighted by Gasteiger charge is 2.17. The van der Waals surface area contributed by atoms with E-state index in [2.05, 4.69) is 22.4 Å². The van der Waals surface area contributed by atoms with Gasteiger partial charge in [0.2, 0.25) is 5.91 Å². The maximum absolute atomic E-state index is 12.7. The van der Waals surface area contributed by atoms with Gasteiger partial charge < -0.3 is 5.32 Å². The highest BCUT2D eigenvalue weighted by Crippen LogP contribution is 2.44. The van der Waals surface area contributed by atoms with E-state index in [1.807, 2.05) is 49.5 Å². The first-order chi connectivity index (χ1) is 14.0. The van der Waals surface area contributed by atoms with Gasteiger partial charge in [-0.25, -0.2) is 4.98 Å². The summed E-state index contributed by atoms with van der Waals surface area (Å²) in [6.07, 6.45) is 3.03. The third-order valence-corrected chi connectivity index (χ3v) is 9.14. The van der Waals surface area contributed by atoms with Crippen molar-refractivity contribution < 1.29 is 4.79 Å². The maximum atomic E-state index is 12.7. The molecule has 5 nitrogen and oxygen atoms in total. The summed E-state index contributed by atoms with van der Waals surface area (Å²) in [6.45, 7) is 4.26. The Morgan fingerprint density at radius 1 is 1.28 bits per heavy atom. The SMILES string of the molecule is Cc1sc2ncn(CCC(=O)Nc3cccc(C4SCCCS4)c3)c(=O)c2c1C. The summed E-state index contributed by atoms with van der Waals surface area (Å²) >= 11 is 5.46. The van der Waals surface area contributed by atoms with Gasteiger partial charge in [-0.3, -0.25) is 14.2 Å². The molecule has 0 atom stereocenters. The third kappa shape index (κ3) is 4.54. The van der Waals surface area contributed by atoms with Crippen molar-refractivity contribution in [1.82, 2.24) is 9.55 Å². The van der Waals surface area contributed by atoms with Gasteiger partial charge in [0.15, 0.2) is 0 Å². The number of hydrogen-bond acceptors (Lipinski definition) is 6. The van der Waals surface area contributed by atoms with Crippen molar-refractivity contribution in [2.24, 2.45) is 0 Å². The lowest BCUT2D eigenvalue weighted by Crippen LogP contribution is -2.23. The Balaban J connectivity index is 1.42. The molecule has 2 aromatic heterocycles. The van der Waals surface area contributed by atoms with E-state index >= 15 is 0 Å². The Hall–Kier alpha value is -1.77. The van der Waals surface area contributed by atoms with Gasteiger partial charge >= 0.3 is 0 Å². The molecule has 3 aromatic rings. The summed E-state index contributed by atoms with van der Waals surface area (Å²) in [4.78, 5) is 31.5. The maximum Gasteiger partial charge on any atom is 0.262 e. The van der Waals surface area contributed by atoms with Gasteiger partial charge in [-0.05, 0) is 55.0 Å². The number of thioether (sulfide) groups is 2. The molecule has 4 rings (SSSR count). The monoisotopic (exact) mass is 445 g/mol. The van der Waals surface area contributed by atoms with Crippen LogP contribution in [-0.4, -0.2) is 27.0 Å². The molecular formula is C21H23N3O2S3. The molecule has 0 saturated carbocycles. The van der Waals surface area contributed by atoms with Crippen molar-refractivity contribution in [1.29, 1.82) is 0 Å². The molecule has 1 saturated heterocycles. The lowest BCUT2D eigenvalue weighted by Gasteiger charge is -2.21. The first kappa shape index (κ1) is 20.5. The van der Waals surface area contributed by atoms with Crippen LogP contribution in [0.4, 0.5) is 5.69 Å². The number of aromatic nitrogens is 2. The van der Waals surface area contributed by atoms with Crippen LogP contribution in [0.1, 0.15) is 33.4 Å². The Kier molecular flexibility index (Phi) is 6.32. The van der Waals surface area contributed by atoms with Gasteiger partial charge in [0.25, 0.3) is 5.56 Å². The molecule has 1 aliphatic heterocycles. The van der Waals surface area contributed by atoms with Crippen LogP contribution < -0.4 is 10.9 Å². The van der Waals surface area contributed by atoms with Crippen LogP contribution in [0.2, 0.25) is 0 Å². The average molecular weight is 446 g/mol. The molecule has 0 radical (unpaired) electrons. The molecule has 0 unspecified atom stereocenters. The van der Waals surface area contributed by atoms with E-state index in [0.29, 0.717) is 16.5 Å². The summed E-state index contributed by atoms with van der Waals surface area (Å²) in [5.41, 5.74) is 2.96. The molecule has 0 aliphatic carbocycles. The number of benzene rings is 1. The molecule has 29 heavy (non-hydrogen) atoms. The second-order valence-electron chi connectivity index (χ2n) is 7.06. The Morgan fingerprint density at radius 2 is 2.07 bits per heavy atom. The van der Waals surface area contributed by atoms with Gasteiger partial charge in [-0.2, -0.15) is 0 Å². The number of carbonyl (C=O) groups is 1. The lowest BCUT2D eigenvalue weighted by atomic mass is 10.2. The molecule has 1 N–H and O–H groups in total. The van der Waals surface area contributed by atoms with E-state index < -0.39 is 0 Å². The lowest BCUT2D eigenvalue weighted by molar-refractivity contribution is -0.116. The third-order valence-electron chi connectivity index (χ3n) is 5.01. The van der Waals surface area contributed by atoms with Crippen LogP contribution in [0.3, 0.4) is 0 Å². The number of carbonyl (C=O) groups excluding carboxylic acids is 1. The molecule has 0 bridgehead atoms. The van der Waals surface area contributed by atoms with Gasteiger partial charge in [-0.15, -0.1) is 34.9 Å². The minimum Gasteiger partial charge on any atom is -0.326 e. The van der Waals surface area contributed by atoms with E-state index in [-0.39, 0.29) is 17.9 Å². The van der Waals surface area contributed by atoms with Gasteiger partial charge in [0.1, 0.15) is 4.83 Å². The zero-order valence-electron chi connectivity index (χ0n) is 16.4.